The number of benzene rings is 3. The minimum atomic E-state index is -0.985. The van der Waals surface area contributed by atoms with E-state index in [9.17, 15) is 8.78 Å². The molecule has 1 aliphatic rings. The maximum Gasteiger partial charge on any atom is 0.144 e. The first-order valence-electron chi connectivity index (χ1n) is 9.36. The highest BCUT2D eigenvalue weighted by atomic mass is 19.1. The van der Waals surface area contributed by atoms with Gasteiger partial charge in [0.1, 0.15) is 29.1 Å². The van der Waals surface area contributed by atoms with Crippen molar-refractivity contribution < 1.29 is 13.2 Å². The third-order valence-electron chi connectivity index (χ3n) is 5.35. The molecule has 3 aromatic carbocycles. The van der Waals surface area contributed by atoms with Gasteiger partial charge < -0.3 is 0 Å². The zero-order chi connectivity index (χ0) is 19.8. The number of halogens is 3. The number of aryl methyl sites for hydroxylation is 1. The Kier molecular flexibility index (Phi) is 4.68. The van der Waals surface area contributed by atoms with Crippen LogP contribution in [0.15, 0.2) is 42.5 Å². The van der Waals surface area contributed by atoms with E-state index in [4.69, 9.17) is 5.26 Å². The smallest absolute Gasteiger partial charge is 0.144 e. The van der Waals surface area contributed by atoms with E-state index in [2.05, 4.69) is 19.1 Å². The number of fused-ring (bicyclic) bond motifs is 3. The van der Waals surface area contributed by atoms with Gasteiger partial charge in [-0.15, -0.1) is 0 Å². The predicted molar refractivity (Wildman–Crippen MR) is 103 cm³/mol. The summed E-state index contributed by atoms with van der Waals surface area (Å²) in [4.78, 5) is 0. The zero-order valence-electron chi connectivity index (χ0n) is 15.5. The Hall–Kier alpha value is -3.06. The van der Waals surface area contributed by atoms with Crippen LogP contribution in [0.25, 0.3) is 22.3 Å². The van der Waals surface area contributed by atoms with Crippen LogP contribution in [0.1, 0.15) is 42.0 Å². The average molecular weight is 377 g/mol. The van der Waals surface area contributed by atoms with E-state index in [1.165, 1.54) is 11.6 Å². The number of hydrogen-bond acceptors (Lipinski definition) is 1. The molecule has 4 rings (SSSR count). The van der Waals surface area contributed by atoms with Gasteiger partial charge >= 0.3 is 0 Å². The van der Waals surface area contributed by atoms with Crippen LogP contribution in [0.4, 0.5) is 13.2 Å². The van der Waals surface area contributed by atoms with Crippen LogP contribution in [-0.4, -0.2) is 0 Å². The molecule has 0 aliphatic heterocycles. The number of nitrogens with zero attached hydrogens (tertiary/aromatic N) is 1. The Morgan fingerprint density at radius 3 is 2.29 bits per heavy atom. The Morgan fingerprint density at radius 1 is 0.929 bits per heavy atom. The molecule has 0 radical (unpaired) electrons. The van der Waals surface area contributed by atoms with Crippen LogP contribution < -0.4 is 0 Å². The Morgan fingerprint density at radius 2 is 1.61 bits per heavy atom. The lowest BCUT2D eigenvalue weighted by Gasteiger charge is -2.10. The summed E-state index contributed by atoms with van der Waals surface area (Å²) in [7, 11) is 0. The number of hydrogen-bond donors (Lipinski definition) is 0. The molecule has 0 aromatic heterocycles. The first-order chi connectivity index (χ1) is 13.5. The Bertz CT molecular complexity index is 1100. The molecule has 4 heteroatoms. The molecular formula is C24H18F3N. The molecule has 0 spiro atoms. The second-order valence-electron chi connectivity index (χ2n) is 7.15. The van der Waals surface area contributed by atoms with Gasteiger partial charge in [-0.3, -0.25) is 0 Å². The normalized spacial score (nSPS) is 11.8. The largest absolute Gasteiger partial charge is 0.206 e. The summed E-state index contributed by atoms with van der Waals surface area (Å²) in [6.45, 7) is 2.15. The van der Waals surface area contributed by atoms with Crippen LogP contribution in [0.2, 0.25) is 0 Å². The summed E-state index contributed by atoms with van der Waals surface area (Å²) in [5, 5.41) is 8.81. The highest BCUT2D eigenvalue weighted by Gasteiger charge is 2.25. The van der Waals surface area contributed by atoms with Gasteiger partial charge in [-0.1, -0.05) is 43.7 Å². The van der Waals surface area contributed by atoms with Crippen LogP contribution in [0.5, 0.6) is 0 Å². The van der Waals surface area contributed by atoms with E-state index in [-0.39, 0.29) is 11.1 Å². The van der Waals surface area contributed by atoms with Crippen molar-refractivity contribution in [1.82, 2.24) is 0 Å². The molecule has 0 N–H and O–H groups in total. The zero-order valence-corrected chi connectivity index (χ0v) is 15.5. The monoisotopic (exact) mass is 377 g/mol. The SMILES string of the molecule is CCCCc1ccc2c(c1)Cc1c-2ccc(-c2cc(F)c(C#N)c(F)c2)c1F. The lowest BCUT2D eigenvalue weighted by Crippen LogP contribution is -1.96. The fourth-order valence-electron chi connectivity index (χ4n) is 3.89. The fraction of sp³-hybridized carbons (Fsp3) is 0.208. The molecule has 0 atom stereocenters. The van der Waals surface area contributed by atoms with Gasteiger partial charge in [0, 0.05) is 17.5 Å². The van der Waals surface area contributed by atoms with Crippen molar-refractivity contribution >= 4 is 0 Å². The van der Waals surface area contributed by atoms with Gasteiger partial charge in [-0.05, 0) is 52.8 Å². The van der Waals surface area contributed by atoms with Gasteiger partial charge in [0.05, 0.1) is 0 Å². The molecule has 1 nitrogen and oxygen atoms in total. The lowest BCUT2D eigenvalue weighted by molar-refractivity contribution is 0.577. The molecule has 0 saturated carbocycles. The molecule has 28 heavy (non-hydrogen) atoms. The quantitative estimate of drug-likeness (QED) is 0.395. The van der Waals surface area contributed by atoms with E-state index in [1.807, 2.05) is 6.07 Å². The van der Waals surface area contributed by atoms with Crippen LogP contribution in [0, 0.1) is 28.8 Å². The summed E-state index contributed by atoms with van der Waals surface area (Å²) in [5.41, 5.74) is 4.28. The van der Waals surface area contributed by atoms with Crippen LogP contribution in [0.3, 0.4) is 0 Å². The first kappa shape index (κ1) is 18.3. The predicted octanol–water partition coefficient (Wildman–Crippen LogP) is 6.56. The molecule has 0 fully saturated rings. The van der Waals surface area contributed by atoms with E-state index >= 15 is 4.39 Å². The second-order valence-corrected chi connectivity index (χ2v) is 7.15. The summed E-state index contributed by atoms with van der Waals surface area (Å²) in [5.74, 6) is -2.44. The first-order valence-corrected chi connectivity index (χ1v) is 9.36. The van der Waals surface area contributed by atoms with E-state index in [0.29, 0.717) is 12.0 Å². The second kappa shape index (κ2) is 7.16. The summed E-state index contributed by atoms with van der Waals surface area (Å²) in [6.07, 6.45) is 3.69. The fourth-order valence-corrected chi connectivity index (χ4v) is 3.89. The number of rotatable bonds is 4. The van der Waals surface area contributed by atoms with Gasteiger partial charge in [-0.2, -0.15) is 5.26 Å². The van der Waals surface area contributed by atoms with Crippen molar-refractivity contribution in [2.45, 2.75) is 32.6 Å². The molecule has 0 unspecified atom stereocenters. The molecule has 0 heterocycles. The molecule has 140 valence electrons. The van der Waals surface area contributed by atoms with E-state index in [1.54, 1.807) is 12.1 Å². The number of nitriles is 1. The Labute approximate surface area is 162 Å². The standard InChI is InChI=1S/C24H18F3N/c1-2-3-4-14-5-6-17-15(9-14)10-20-19(17)8-7-18(24(20)27)16-11-22(25)21(13-28)23(26)12-16/h5-9,11-12H,2-4,10H2,1H3. The van der Waals surface area contributed by atoms with Gasteiger partial charge in [0.15, 0.2) is 0 Å². The minimum Gasteiger partial charge on any atom is -0.206 e. The molecule has 3 aromatic rings. The van der Waals surface area contributed by atoms with Crippen molar-refractivity contribution in [3.8, 4) is 28.3 Å². The highest BCUT2D eigenvalue weighted by molar-refractivity contribution is 5.81. The lowest BCUT2D eigenvalue weighted by atomic mass is 9.97. The van der Waals surface area contributed by atoms with Gasteiger partial charge in [0.2, 0.25) is 0 Å². The van der Waals surface area contributed by atoms with Crippen molar-refractivity contribution in [1.29, 1.82) is 5.26 Å². The highest BCUT2D eigenvalue weighted by Crippen LogP contribution is 2.41. The van der Waals surface area contributed by atoms with E-state index < -0.39 is 23.0 Å². The topological polar surface area (TPSA) is 23.8 Å². The molecule has 0 saturated heterocycles. The molecule has 0 bridgehead atoms. The molecule has 0 amide bonds. The van der Waals surface area contributed by atoms with Crippen molar-refractivity contribution in [3.63, 3.8) is 0 Å². The van der Waals surface area contributed by atoms with Crippen LogP contribution >= 0.6 is 0 Å². The molecular weight excluding hydrogens is 359 g/mol. The third kappa shape index (κ3) is 2.97. The summed E-state index contributed by atoms with van der Waals surface area (Å²) < 4.78 is 43.2. The summed E-state index contributed by atoms with van der Waals surface area (Å²) in [6, 6.07) is 13.1. The summed E-state index contributed by atoms with van der Waals surface area (Å²) >= 11 is 0. The van der Waals surface area contributed by atoms with Gasteiger partial charge in [-0.25, -0.2) is 13.2 Å². The van der Waals surface area contributed by atoms with Crippen molar-refractivity contribution in [2.75, 3.05) is 0 Å². The third-order valence-corrected chi connectivity index (χ3v) is 5.35. The minimum absolute atomic E-state index is 0.0916. The van der Waals surface area contributed by atoms with Crippen molar-refractivity contribution in [3.05, 3.63) is 82.2 Å². The van der Waals surface area contributed by atoms with Crippen molar-refractivity contribution in [2.24, 2.45) is 0 Å². The maximum absolute atomic E-state index is 15.3. The molecule has 1 aliphatic carbocycles. The Balaban J connectivity index is 1.75. The van der Waals surface area contributed by atoms with E-state index in [0.717, 1.165) is 48.1 Å². The van der Waals surface area contributed by atoms with Crippen LogP contribution in [-0.2, 0) is 12.8 Å². The average Bonchev–Trinajstić information content (AvgIpc) is 3.05. The maximum atomic E-state index is 15.3. The van der Waals surface area contributed by atoms with Gasteiger partial charge in [0.25, 0.3) is 0 Å². The number of unbranched alkanes of at least 4 members (excludes halogenated alkanes) is 1.